The molecule has 2 aliphatic heterocycles. The number of aromatic hydroxyl groups is 1. The van der Waals surface area contributed by atoms with Gasteiger partial charge in [-0.05, 0) is 78.9 Å². The lowest BCUT2D eigenvalue weighted by Gasteiger charge is -2.43. The largest absolute Gasteiger partial charge is 0.507 e. The molecule has 2 saturated heterocycles. The van der Waals surface area contributed by atoms with Gasteiger partial charge in [0.1, 0.15) is 5.75 Å². The maximum Gasteiger partial charge on any atom is 0.455 e. The highest BCUT2D eigenvalue weighted by molar-refractivity contribution is 7.09. The van der Waals surface area contributed by atoms with Gasteiger partial charge in [-0.25, -0.2) is 0 Å². The van der Waals surface area contributed by atoms with Crippen LogP contribution in [0.15, 0.2) is 70.6 Å². The lowest BCUT2D eigenvalue weighted by Crippen LogP contribution is -2.46. The second kappa shape index (κ2) is 11.6. The molecule has 0 saturated carbocycles. The van der Waals surface area contributed by atoms with Crippen molar-refractivity contribution < 1.29 is 24.4 Å². The number of carbonyl (C=O) groups is 2. The first-order chi connectivity index (χ1) is 19.9. The van der Waals surface area contributed by atoms with E-state index < -0.39 is 13.0 Å². The van der Waals surface area contributed by atoms with Crippen LogP contribution in [0.4, 0.5) is 0 Å². The van der Waals surface area contributed by atoms with Gasteiger partial charge in [0.05, 0.1) is 24.5 Å². The van der Waals surface area contributed by atoms with Crippen LogP contribution in [0.25, 0.3) is 16.8 Å². The second-order valence-electron chi connectivity index (χ2n) is 11.7. The molecule has 6 rings (SSSR count). The minimum absolute atomic E-state index is 0.0708. The molecule has 41 heavy (non-hydrogen) atoms. The molecule has 8 heteroatoms. The van der Waals surface area contributed by atoms with Crippen LogP contribution in [0.5, 0.6) is 5.75 Å². The van der Waals surface area contributed by atoms with E-state index in [2.05, 4.69) is 19.9 Å². The van der Waals surface area contributed by atoms with Gasteiger partial charge < -0.3 is 14.8 Å². The Bertz CT molecular complexity index is 1530. The number of phenolic OH excluding ortho intramolecular Hbond substituents is 1. The molecule has 3 aliphatic rings. The third-order valence-electron chi connectivity index (χ3n) is 8.98. The summed E-state index contributed by atoms with van der Waals surface area (Å²) in [5.41, 5.74) is 4.61. The normalized spacial score (nSPS) is 24.8. The maximum atomic E-state index is 13.7. The minimum atomic E-state index is -0.963. The standard InChI is InChI=1S/C33H36BNO5S/c1-3-7-22-17-26-31(33(38)35(32(26)37)19-23-8-6-15-41-23)27-18-34(39)40-29(30(22)27)14-11-20(2)16-21-12-13-28(36)25-10-5-4-9-24(21)25/h4-6,8-10,12-13,15-16,26-27,29,31,36,39H,3,7,11,14,17-19H2,1-2H3/b20-16+/t26-,27+,29-,31-/m1/s1. The fourth-order valence-electron chi connectivity index (χ4n) is 7.21. The van der Waals surface area contributed by atoms with E-state index in [1.54, 1.807) is 17.4 Å². The van der Waals surface area contributed by atoms with Crippen molar-refractivity contribution in [1.29, 1.82) is 0 Å². The van der Waals surface area contributed by atoms with Crippen molar-refractivity contribution in [3.8, 4) is 5.75 Å². The zero-order valence-corrected chi connectivity index (χ0v) is 24.4. The van der Waals surface area contributed by atoms with E-state index in [1.165, 1.54) is 16.0 Å². The molecule has 4 atom stereocenters. The Labute approximate surface area is 245 Å². The highest BCUT2D eigenvalue weighted by Crippen LogP contribution is 2.51. The first-order valence-electron chi connectivity index (χ1n) is 14.7. The Kier molecular flexibility index (Phi) is 7.90. The number of phenols is 1. The van der Waals surface area contributed by atoms with Crippen molar-refractivity contribution >= 4 is 47.1 Å². The van der Waals surface area contributed by atoms with Gasteiger partial charge in [-0.1, -0.05) is 67.0 Å². The fraction of sp³-hybridized carbons (Fsp3) is 0.394. The summed E-state index contributed by atoms with van der Waals surface area (Å²) in [5.74, 6) is -0.870. The molecule has 212 valence electrons. The lowest BCUT2D eigenvalue weighted by atomic mass is 9.58. The molecule has 2 amide bonds. The van der Waals surface area contributed by atoms with Gasteiger partial charge in [0.25, 0.3) is 0 Å². The van der Waals surface area contributed by atoms with Crippen LogP contribution >= 0.6 is 11.3 Å². The summed E-state index contributed by atoms with van der Waals surface area (Å²) < 4.78 is 6.17. The zero-order valence-electron chi connectivity index (χ0n) is 23.6. The molecule has 2 fully saturated rings. The van der Waals surface area contributed by atoms with Gasteiger partial charge in [-0.3, -0.25) is 14.5 Å². The molecule has 0 spiro atoms. The molecular formula is C33H36BNO5S. The number of rotatable bonds is 8. The third-order valence-corrected chi connectivity index (χ3v) is 9.84. The number of hydrogen-bond donors (Lipinski definition) is 2. The summed E-state index contributed by atoms with van der Waals surface area (Å²) in [6.45, 7) is 4.56. The van der Waals surface area contributed by atoms with E-state index in [1.807, 2.05) is 47.8 Å². The Balaban J connectivity index is 1.26. The van der Waals surface area contributed by atoms with Crippen molar-refractivity contribution in [2.75, 3.05) is 0 Å². The molecule has 1 aromatic heterocycles. The average molecular weight is 570 g/mol. The topological polar surface area (TPSA) is 87.1 Å². The van der Waals surface area contributed by atoms with E-state index >= 15 is 0 Å². The minimum Gasteiger partial charge on any atom is -0.507 e. The number of likely N-dealkylation sites (tertiary alicyclic amines) is 1. The number of fused-ring (bicyclic) bond motifs is 4. The molecule has 0 unspecified atom stereocenters. The average Bonchev–Trinajstić information content (AvgIpc) is 3.56. The van der Waals surface area contributed by atoms with Gasteiger partial charge in [-0.2, -0.15) is 0 Å². The first-order valence-corrected chi connectivity index (χ1v) is 15.5. The lowest BCUT2D eigenvalue weighted by molar-refractivity contribution is -0.140. The van der Waals surface area contributed by atoms with E-state index in [4.69, 9.17) is 4.65 Å². The Morgan fingerprint density at radius 2 is 1.90 bits per heavy atom. The van der Waals surface area contributed by atoms with E-state index in [-0.39, 0.29) is 35.5 Å². The van der Waals surface area contributed by atoms with Crippen molar-refractivity contribution in [2.24, 2.45) is 17.8 Å². The summed E-state index contributed by atoms with van der Waals surface area (Å²) in [6.07, 6.45) is 6.07. The number of benzene rings is 2. The van der Waals surface area contributed by atoms with Crippen LogP contribution in [0.2, 0.25) is 6.32 Å². The highest BCUT2D eigenvalue weighted by Gasteiger charge is 2.57. The predicted molar refractivity (Wildman–Crippen MR) is 163 cm³/mol. The second-order valence-corrected chi connectivity index (χ2v) is 12.7. The summed E-state index contributed by atoms with van der Waals surface area (Å²) in [4.78, 5) is 29.7. The van der Waals surface area contributed by atoms with Gasteiger partial charge >= 0.3 is 7.12 Å². The Morgan fingerprint density at radius 1 is 1.10 bits per heavy atom. The molecular weight excluding hydrogens is 533 g/mol. The van der Waals surface area contributed by atoms with E-state index in [0.29, 0.717) is 25.7 Å². The number of carbonyl (C=O) groups excluding carboxylic acids is 2. The Morgan fingerprint density at radius 3 is 2.66 bits per heavy atom. The van der Waals surface area contributed by atoms with Gasteiger partial charge in [-0.15, -0.1) is 11.3 Å². The molecule has 2 aromatic carbocycles. The first kappa shape index (κ1) is 27.9. The number of nitrogens with zero attached hydrogens (tertiary/aromatic N) is 1. The van der Waals surface area contributed by atoms with Crippen LogP contribution in [-0.4, -0.2) is 40.1 Å². The third kappa shape index (κ3) is 5.29. The highest BCUT2D eigenvalue weighted by atomic mass is 32.1. The quantitative estimate of drug-likeness (QED) is 0.182. The van der Waals surface area contributed by atoms with Gasteiger partial charge in [0, 0.05) is 10.3 Å². The predicted octanol–water partition coefficient (Wildman–Crippen LogP) is 6.59. The van der Waals surface area contributed by atoms with E-state index in [9.17, 15) is 19.7 Å². The molecule has 2 N–H and O–H groups in total. The van der Waals surface area contributed by atoms with Crippen LogP contribution in [0.3, 0.4) is 0 Å². The zero-order chi connectivity index (χ0) is 28.7. The maximum absolute atomic E-state index is 13.7. The van der Waals surface area contributed by atoms with Gasteiger partial charge in [0.2, 0.25) is 11.8 Å². The monoisotopic (exact) mass is 569 g/mol. The van der Waals surface area contributed by atoms with Crippen molar-refractivity contribution in [1.82, 2.24) is 4.90 Å². The SMILES string of the molecule is CCCC1=C2[C@@H](CC/C(C)=C/c3ccc(O)c4ccccc34)OB(O)C[C@@H]2[C@@H]2C(=O)N(Cc3cccs3)C(=O)[C@@H]2C1. The van der Waals surface area contributed by atoms with Crippen LogP contribution < -0.4 is 0 Å². The summed E-state index contributed by atoms with van der Waals surface area (Å²) in [6, 6.07) is 15.4. The number of imide groups is 1. The van der Waals surface area contributed by atoms with Crippen LogP contribution in [-0.2, 0) is 20.8 Å². The molecule has 6 nitrogen and oxygen atoms in total. The van der Waals surface area contributed by atoms with Crippen LogP contribution in [0.1, 0.15) is 56.4 Å². The summed E-state index contributed by atoms with van der Waals surface area (Å²) >= 11 is 1.56. The number of thiophene rings is 1. The smallest absolute Gasteiger partial charge is 0.455 e. The van der Waals surface area contributed by atoms with Crippen molar-refractivity contribution in [3.63, 3.8) is 0 Å². The van der Waals surface area contributed by atoms with Crippen molar-refractivity contribution in [2.45, 2.75) is 64.9 Å². The van der Waals surface area contributed by atoms with Crippen LogP contribution in [0, 0.1) is 17.8 Å². The molecule has 0 radical (unpaired) electrons. The summed E-state index contributed by atoms with van der Waals surface area (Å²) in [5, 5.41) is 24.9. The van der Waals surface area contributed by atoms with Crippen molar-refractivity contribution in [3.05, 3.63) is 81.1 Å². The number of allylic oxidation sites excluding steroid dienone is 2. The van der Waals surface area contributed by atoms with E-state index in [0.717, 1.165) is 46.0 Å². The Hall–Kier alpha value is -3.20. The molecule has 3 aromatic rings. The van der Waals surface area contributed by atoms with Gasteiger partial charge in [0.15, 0.2) is 0 Å². The number of amides is 2. The summed E-state index contributed by atoms with van der Waals surface area (Å²) in [7, 11) is -0.963. The molecule has 3 heterocycles. The molecule has 1 aliphatic carbocycles. The number of hydrogen-bond acceptors (Lipinski definition) is 6. The fourth-order valence-corrected chi connectivity index (χ4v) is 7.90. The molecule has 0 bridgehead atoms.